The molecule has 0 saturated carbocycles. The van der Waals surface area contributed by atoms with Crippen LogP contribution in [0.25, 0.3) is 0 Å². The molecular formula is C10H20BF4S2-. The summed E-state index contributed by atoms with van der Waals surface area (Å²) in [5, 5.41) is 0. The molecule has 0 aromatic carbocycles. The first kappa shape index (κ1) is 17.5. The second-order valence-electron chi connectivity index (χ2n) is 3.84. The van der Waals surface area contributed by atoms with E-state index >= 15 is 0 Å². The normalized spacial score (nSPS) is 20.5. The summed E-state index contributed by atoms with van der Waals surface area (Å²) >= 11 is 4.19. The summed E-state index contributed by atoms with van der Waals surface area (Å²) in [5.74, 6) is 5.67. The van der Waals surface area contributed by atoms with Crippen LogP contribution in [0.2, 0.25) is 0 Å². The highest BCUT2D eigenvalue weighted by molar-refractivity contribution is 7.99. The third kappa shape index (κ3) is 22.2. The molecule has 7 heteroatoms. The Kier molecular flexibility index (Phi) is 11.9. The van der Waals surface area contributed by atoms with Gasteiger partial charge in [0.1, 0.15) is 0 Å². The second-order valence-corrected chi connectivity index (χ2v) is 6.29. The van der Waals surface area contributed by atoms with E-state index in [2.05, 4.69) is 23.5 Å². The first-order valence-electron chi connectivity index (χ1n) is 6.03. The smallest absolute Gasteiger partial charge is 0.418 e. The molecule has 0 amide bonds. The minimum atomic E-state index is -6.00. The van der Waals surface area contributed by atoms with E-state index in [1.165, 1.54) is 61.5 Å². The predicted octanol–water partition coefficient (Wildman–Crippen LogP) is 5.11. The third-order valence-electron chi connectivity index (χ3n) is 2.15. The number of halogens is 4. The van der Waals surface area contributed by atoms with Crippen molar-refractivity contribution in [1.82, 2.24) is 0 Å². The summed E-state index contributed by atoms with van der Waals surface area (Å²) in [7, 11) is -6.00. The van der Waals surface area contributed by atoms with Crippen LogP contribution >= 0.6 is 23.5 Å². The Hall–Kier alpha value is 0.485. The van der Waals surface area contributed by atoms with E-state index in [1.807, 2.05) is 0 Å². The molecule has 2 aliphatic heterocycles. The maximum atomic E-state index is 9.75. The first-order valence-corrected chi connectivity index (χ1v) is 8.34. The fraction of sp³-hybridized carbons (Fsp3) is 1.00. The third-order valence-corrected chi connectivity index (χ3v) is 4.46. The number of rotatable bonds is 0. The van der Waals surface area contributed by atoms with Gasteiger partial charge in [-0.2, -0.15) is 23.5 Å². The molecular weight excluding hydrogens is 271 g/mol. The standard InChI is InChI=1S/2C5H10S.BF4/c2*1-2-4-6-5-3-1;2-1(3,4)5/h2*1-5H2;/q;;-1. The molecule has 2 heterocycles. The molecule has 0 aromatic rings. The highest BCUT2D eigenvalue weighted by Crippen LogP contribution is 2.15. The summed E-state index contributed by atoms with van der Waals surface area (Å²) in [6.07, 6.45) is 8.81. The monoisotopic (exact) mass is 291 g/mol. The van der Waals surface area contributed by atoms with E-state index in [1.54, 1.807) is 0 Å². The second kappa shape index (κ2) is 11.6. The fourth-order valence-electron chi connectivity index (χ4n) is 1.37. The van der Waals surface area contributed by atoms with Gasteiger partial charge in [-0.15, -0.1) is 0 Å². The zero-order chi connectivity index (χ0) is 13.0. The average Bonchev–Trinajstić information content (AvgIpc) is 2.32. The maximum absolute atomic E-state index is 9.75. The van der Waals surface area contributed by atoms with Crippen LogP contribution < -0.4 is 0 Å². The van der Waals surface area contributed by atoms with Crippen LogP contribution in [0, 0.1) is 0 Å². The molecule has 104 valence electrons. The number of hydrogen-bond acceptors (Lipinski definition) is 2. The van der Waals surface area contributed by atoms with Gasteiger partial charge in [-0.05, 0) is 48.7 Å². The minimum Gasteiger partial charge on any atom is -0.418 e. The van der Waals surface area contributed by atoms with Crippen molar-refractivity contribution >= 4 is 30.8 Å². The molecule has 0 bridgehead atoms. The highest BCUT2D eigenvalue weighted by Gasteiger charge is 2.20. The van der Waals surface area contributed by atoms with E-state index in [0.717, 1.165) is 0 Å². The molecule has 17 heavy (non-hydrogen) atoms. The molecule has 0 atom stereocenters. The molecule has 0 N–H and O–H groups in total. The molecule has 0 aliphatic carbocycles. The Morgan fingerprint density at radius 3 is 0.824 bits per heavy atom. The van der Waals surface area contributed by atoms with Gasteiger partial charge in [0.05, 0.1) is 0 Å². The van der Waals surface area contributed by atoms with Crippen LogP contribution in [0.15, 0.2) is 0 Å². The molecule has 0 spiro atoms. The molecule has 0 unspecified atom stereocenters. The van der Waals surface area contributed by atoms with Gasteiger partial charge in [-0.1, -0.05) is 12.8 Å². The van der Waals surface area contributed by atoms with Crippen LogP contribution in [0.5, 0.6) is 0 Å². The van der Waals surface area contributed by atoms with Gasteiger partial charge in [0.25, 0.3) is 0 Å². The van der Waals surface area contributed by atoms with Gasteiger partial charge in [-0.3, -0.25) is 0 Å². The quantitative estimate of drug-likeness (QED) is 0.449. The van der Waals surface area contributed by atoms with Gasteiger partial charge in [0.15, 0.2) is 0 Å². The van der Waals surface area contributed by atoms with Gasteiger partial charge in [0.2, 0.25) is 0 Å². The summed E-state index contributed by atoms with van der Waals surface area (Å²) in [4.78, 5) is 0. The van der Waals surface area contributed by atoms with Crippen LogP contribution in [-0.2, 0) is 0 Å². The van der Waals surface area contributed by atoms with Crippen LogP contribution in [0.4, 0.5) is 17.3 Å². The Morgan fingerprint density at radius 1 is 0.529 bits per heavy atom. The lowest BCUT2D eigenvalue weighted by atomic mass is 10.3. The Labute approximate surface area is 110 Å². The van der Waals surface area contributed by atoms with Crippen molar-refractivity contribution in [3.8, 4) is 0 Å². The Morgan fingerprint density at radius 2 is 0.765 bits per heavy atom. The van der Waals surface area contributed by atoms with E-state index in [-0.39, 0.29) is 0 Å². The zero-order valence-electron chi connectivity index (χ0n) is 9.98. The summed E-state index contributed by atoms with van der Waals surface area (Å²) < 4.78 is 39.0. The van der Waals surface area contributed by atoms with E-state index < -0.39 is 7.25 Å². The Bertz CT molecular complexity index is 118. The van der Waals surface area contributed by atoms with Crippen LogP contribution in [0.1, 0.15) is 38.5 Å². The van der Waals surface area contributed by atoms with Crippen molar-refractivity contribution in [2.45, 2.75) is 38.5 Å². The average molecular weight is 291 g/mol. The first-order chi connectivity index (χ1) is 8.00. The van der Waals surface area contributed by atoms with E-state index in [4.69, 9.17) is 0 Å². The zero-order valence-corrected chi connectivity index (χ0v) is 11.6. The van der Waals surface area contributed by atoms with Gasteiger partial charge < -0.3 is 17.3 Å². The van der Waals surface area contributed by atoms with Gasteiger partial charge >= 0.3 is 7.25 Å². The lowest BCUT2D eigenvalue weighted by Crippen LogP contribution is -2.02. The minimum absolute atomic E-state index is 1.42. The SMILES string of the molecule is C1CCSCC1.C1CCSCC1.F[B-](F)(F)F. The predicted molar refractivity (Wildman–Crippen MR) is 72.5 cm³/mol. The number of thioether (sulfide) groups is 2. The maximum Gasteiger partial charge on any atom is 0.673 e. The largest absolute Gasteiger partial charge is 0.673 e. The van der Waals surface area contributed by atoms with E-state index in [0.29, 0.717) is 0 Å². The van der Waals surface area contributed by atoms with E-state index in [9.17, 15) is 17.3 Å². The van der Waals surface area contributed by atoms with Crippen LogP contribution in [0.3, 0.4) is 0 Å². The summed E-state index contributed by atoms with van der Waals surface area (Å²) in [6, 6.07) is 0. The van der Waals surface area contributed by atoms with Crippen molar-refractivity contribution in [2.75, 3.05) is 23.0 Å². The highest BCUT2D eigenvalue weighted by atomic mass is 32.2. The van der Waals surface area contributed by atoms with Gasteiger partial charge in [0, 0.05) is 0 Å². The molecule has 0 nitrogen and oxygen atoms in total. The molecule has 0 aromatic heterocycles. The number of hydrogen-bond donors (Lipinski definition) is 0. The van der Waals surface area contributed by atoms with Crippen molar-refractivity contribution in [3.05, 3.63) is 0 Å². The summed E-state index contributed by atoms with van der Waals surface area (Å²) in [5.41, 5.74) is 0. The van der Waals surface area contributed by atoms with Crippen molar-refractivity contribution in [2.24, 2.45) is 0 Å². The van der Waals surface area contributed by atoms with Crippen molar-refractivity contribution in [3.63, 3.8) is 0 Å². The van der Waals surface area contributed by atoms with Crippen LogP contribution in [-0.4, -0.2) is 30.3 Å². The molecule has 2 rings (SSSR count). The van der Waals surface area contributed by atoms with Crippen molar-refractivity contribution in [1.29, 1.82) is 0 Å². The molecule has 2 saturated heterocycles. The van der Waals surface area contributed by atoms with Gasteiger partial charge in [-0.25, -0.2) is 0 Å². The molecule has 2 fully saturated rings. The summed E-state index contributed by atoms with van der Waals surface area (Å²) in [6.45, 7) is 0. The lowest BCUT2D eigenvalue weighted by molar-refractivity contribution is 0.368. The molecule has 0 radical (unpaired) electrons. The lowest BCUT2D eigenvalue weighted by Gasteiger charge is -2.05. The Balaban J connectivity index is 0.000000228. The molecule has 2 aliphatic rings. The van der Waals surface area contributed by atoms with Crippen molar-refractivity contribution < 1.29 is 17.3 Å². The fourth-order valence-corrected chi connectivity index (χ4v) is 3.42. The topological polar surface area (TPSA) is 0 Å².